The summed E-state index contributed by atoms with van der Waals surface area (Å²) >= 11 is 0. The monoisotopic (exact) mass is 821 g/mol. The van der Waals surface area contributed by atoms with Crippen molar-refractivity contribution >= 4 is 17.9 Å². The summed E-state index contributed by atoms with van der Waals surface area (Å²) in [7, 11) is 5.95. The van der Waals surface area contributed by atoms with Crippen molar-refractivity contribution < 1.29 is 42.9 Å². The fourth-order valence-electron chi connectivity index (χ4n) is 6.39. The van der Waals surface area contributed by atoms with E-state index in [2.05, 4.69) is 50.3 Å². The van der Waals surface area contributed by atoms with Gasteiger partial charge in [0.05, 0.1) is 34.4 Å². The van der Waals surface area contributed by atoms with Gasteiger partial charge in [0.2, 0.25) is 0 Å². The summed E-state index contributed by atoms with van der Waals surface area (Å²) in [6.45, 7) is 4.83. The fourth-order valence-corrected chi connectivity index (χ4v) is 6.39. The van der Waals surface area contributed by atoms with Crippen molar-refractivity contribution in [3.05, 3.63) is 36.5 Å². The molecule has 0 aromatic rings. The molecule has 0 bridgehead atoms. The summed E-state index contributed by atoms with van der Waals surface area (Å²) in [4.78, 5) is 37.1. The molecule has 0 rings (SSSR count). The van der Waals surface area contributed by atoms with Crippen LogP contribution in [0.3, 0.4) is 0 Å². The van der Waals surface area contributed by atoms with Crippen LogP contribution in [0.1, 0.15) is 200 Å². The van der Waals surface area contributed by atoms with Crippen molar-refractivity contribution in [1.29, 1.82) is 0 Å². The molecule has 0 fully saturated rings. The Bertz CT molecular complexity index is 1050. The van der Waals surface area contributed by atoms with E-state index < -0.39 is 24.3 Å². The van der Waals surface area contributed by atoms with Crippen molar-refractivity contribution in [2.75, 3.05) is 47.5 Å². The number of nitrogens with zero attached hydrogens (tertiary/aromatic N) is 1. The summed E-state index contributed by atoms with van der Waals surface area (Å²) in [6.07, 6.45) is 43.4. The summed E-state index contributed by atoms with van der Waals surface area (Å²) < 4.78 is 22.7. The summed E-state index contributed by atoms with van der Waals surface area (Å²) in [5.74, 6) is -2.02. The zero-order valence-electron chi connectivity index (χ0n) is 38.2. The SMILES string of the molecule is CCCCC/C=C\C/C=C\CCCCCCCCCCCC(=O)OC(COC(=O)CCCCCCC/C=C\CCCCCCC)COC(OCC[N+](C)(C)C)C(=O)O. The fraction of sp³-hybridized carbons (Fsp3) is 0.816. The molecule has 1 N–H and O–H groups in total. The third kappa shape index (κ3) is 41.7. The van der Waals surface area contributed by atoms with Crippen LogP contribution in [0, 0.1) is 0 Å². The minimum absolute atomic E-state index is 0.185. The number of quaternary nitrogens is 1. The lowest BCUT2D eigenvalue weighted by molar-refractivity contribution is -0.870. The maximum Gasteiger partial charge on any atom is 0.361 e. The van der Waals surface area contributed by atoms with Crippen LogP contribution >= 0.6 is 0 Å². The number of rotatable bonds is 43. The van der Waals surface area contributed by atoms with Crippen molar-refractivity contribution in [3.8, 4) is 0 Å². The Hall–Kier alpha value is -2.49. The Morgan fingerprint density at radius 1 is 0.517 bits per heavy atom. The first kappa shape index (κ1) is 55.5. The highest BCUT2D eigenvalue weighted by atomic mass is 16.7. The zero-order valence-corrected chi connectivity index (χ0v) is 38.2. The van der Waals surface area contributed by atoms with Gasteiger partial charge in [-0.05, 0) is 70.6 Å². The molecule has 0 amide bonds. The van der Waals surface area contributed by atoms with E-state index in [1.54, 1.807) is 0 Å². The molecule has 0 aromatic heterocycles. The number of ether oxygens (including phenoxy) is 4. The van der Waals surface area contributed by atoms with Gasteiger partial charge in [0.15, 0.2) is 6.10 Å². The third-order valence-electron chi connectivity index (χ3n) is 10.1. The van der Waals surface area contributed by atoms with Crippen LogP contribution in [0.5, 0.6) is 0 Å². The molecule has 9 heteroatoms. The quantitative estimate of drug-likeness (QED) is 0.0213. The van der Waals surface area contributed by atoms with Gasteiger partial charge in [-0.3, -0.25) is 9.59 Å². The molecule has 0 heterocycles. The summed E-state index contributed by atoms with van der Waals surface area (Å²) in [5, 5.41) is 9.64. The highest BCUT2D eigenvalue weighted by Gasteiger charge is 2.25. The second-order valence-electron chi connectivity index (χ2n) is 17.1. The minimum atomic E-state index is -1.51. The molecule has 2 atom stereocenters. The Morgan fingerprint density at radius 2 is 0.931 bits per heavy atom. The van der Waals surface area contributed by atoms with E-state index >= 15 is 0 Å². The molecule has 0 spiro atoms. The van der Waals surface area contributed by atoms with Gasteiger partial charge >= 0.3 is 17.9 Å². The van der Waals surface area contributed by atoms with Crippen LogP contribution in [0.15, 0.2) is 36.5 Å². The van der Waals surface area contributed by atoms with Crippen molar-refractivity contribution in [1.82, 2.24) is 0 Å². The van der Waals surface area contributed by atoms with Crippen LogP contribution in [0.4, 0.5) is 0 Å². The summed E-state index contributed by atoms with van der Waals surface area (Å²) in [5.41, 5.74) is 0. The van der Waals surface area contributed by atoms with Crippen LogP contribution in [0.2, 0.25) is 0 Å². The number of unbranched alkanes of at least 4 members (excludes halogenated alkanes) is 22. The molecular weight excluding hydrogens is 731 g/mol. The average molecular weight is 821 g/mol. The Kier molecular flexibility index (Phi) is 39.5. The summed E-state index contributed by atoms with van der Waals surface area (Å²) in [6, 6.07) is 0. The number of carbonyl (C=O) groups excluding carboxylic acids is 2. The number of aliphatic carboxylic acids is 1. The van der Waals surface area contributed by atoms with Crippen LogP contribution in [0.25, 0.3) is 0 Å². The van der Waals surface area contributed by atoms with E-state index in [0.29, 0.717) is 23.9 Å². The van der Waals surface area contributed by atoms with Gasteiger partial charge < -0.3 is 28.5 Å². The molecule has 58 heavy (non-hydrogen) atoms. The Balaban J connectivity index is 4.41. The van der Waals surface area contributed by atoms with Gasteiger partial charge in [-0.1, -0.05) is 153 Å². The van der Waals surface area contributed by atoms with E-state index in [0.717, 1.165) is 70.6 Å². The van der Waals surface area contributed by atoms with Gasteiger partial charge in [-0.25, -0.2) is 4.79 Å². The van der Waals surface area contributed by atoms with E-state index in [-0.39, 0.29) is 32.2 Å². The first-order valence-corrected chi connectivity index (χ1v) is 23.7. The molecule has 0 radical (unpaired) electrons. The van der Waals surface area contributed by atoms with E-state index in [4.69, 9.17) is 18.9 Å². The molecule has 0 saturated heterocycles. The first-order valence-electron chi connectivity index (χ1n) is 23.7. The van der Waals surface area contributed by atoms with Crippen molar-refractivity contribution in [3.63, 3.8) is 0 Å². The van der Waals surface area contributed by atoms with Crippen LogP contribution < -0.4 is 0 Å². The van der Waals surface area contributed by atoms with Gasteiger partial charge in [-0.2, -0.15) is 0 Å². The third-order valence-corrected chi connectivity index (χ3v) is 10.1. The average Bonchev–Trinajstić information content (AvgIpc) is 3.18. The maximum absolute atomic E-state index is 12.8. The normalized spacial score (nSPS) is 13.2. The van der Waals surface area contributed by atoms with Gasteiger partial charge in [0.25, 0.3) is 6.29 Å². The molecule has 0 aliphatic rings. The van der Waals surface area contributed by atoms with E-state index in [1.807, 2.05) is 21.1 Å². The second-order valence-corrected chi connectivity index (χ2v) is 17.1. The highest BCUT2D eigenvalue weighted by molar-refractivity contribution is 5.71. The predicted octanol–water partition coefficient (Wildman–Crippen LogP) is 12.6. The lowest BCUT2D eigenvalue weighted by atomic mass is 10.1. The molecule has 0 aromatic carbocycles. The largest absolute Gasteiger partial charge is 0.477 e. The number of esters is 2. The zero-order chi connectivity index (χ0) is 42.8. The second kappa shape index (κ2) is 41.3. The number of likely N-dealkylation sites (N-methyl/N-ethyl adjacent to an activating group) is 1. The lowest BCUT2D eigenvalue weighted by Crippen LogP contribution is -2.40. The molecule has 0 aliphatic carbocycles. The predicted molar refractivity (Wildman–Crippen MR) is 240 cm³/mol. The number of carbonyl (C=O) groups is 3. The highest BCUT2D eigenvalue weighted by Crippen LogP contribution is 2.14. The van der Waals surface area contributed by atoms with E-state index in [1.165, 1.54) is 96.3 Å². The van der Waals surface area contributed by atoms with Crippen LogP contribution in [-0.2, 0) is 33.3 Å². The van der Waals surface area contributed by atoms with E-state index in [9.17, 15) is 19.5 Å². The smallest absolute Gasteiger partial charge is 0.361 e. The lowest BCUT2D eigenvalue weighted by Gasteiger charge is -2.25. The Morgan fingerprint density at radius 3 is 1.41 bits per heavy atom. The maximum atomic E-state index is 12.8. The Labute approximate surface area is 356 Å². The van der Waals surface area contributed by atoms with Crippen molar-refractivity contribution in [2.45, 2.75) is 212 Å². The number of hydrogen-bond donors (Lipinski definition) is 1. The number of carboxylic acids is 1. The molecule has 338 valence electrons. The van der Waals surface area contributed by atoms with Gasteiger partial charge in [0.1, 0.15) is 13.2 Å². The number of hydrogen-bond acceptors (Lipinski definition) is 7. The molecule has 0 saturated carbocycles. The molecular formula is C49H90NO8+. The molecule has 0 aliphatic heterocycles. The van der Waals surface area contributed by atoms with Gasteiger partial charge in [0, 0.05) is 12.8 Å². The van der Waals surface area contributed by atoms with Gasteiger partial charge in [-0.15, -0.1) is 0 Å². The van der Waals surface area contributed by atoms with Crippen LogP contribution in [-0.4, -0.2) is 87.4 Å². The first-order chi connectivity index (χ1) is 28.1. The topological polar surface area (TPSA) is 108 Å². The number of carboxylic acid groups (broad SMARTS) is 1. The molecule has 9 nitrogen and oxygen atoms in total. The van der Waals surface area contributed by atoms with Crippen molar-refractivity contribution in [2.24, 2.45) is 0 Å². The standard InChI is InChI=1S/C49H89NO8/c1-6-8-10-12-14-16-18-20-22-23-24-25-26-28-30-32-34-36-38-40-47(52)58-45(44-57-49(48(53)54)55-42-41-50(3,4)5)43-56-46(51)39-37-35-33-31-29-27-21-19-17-15-13-11-9-7-2/h14,16,19-22,45,49H,6-13,15,17-18,23-44H2,1-5H3/p+1/b16-14-,21-19-,22-20-. The minimum Gasteiger partial charge on any atom is -0.477 e. The number of allylic oxidation sites excluding steroid dienone is 6. The molecule has 2 unspecified atom stereocenters.